The maximum Gasteiger partial charge on any atom is 0.303 e. The second-order valence-electron chi connectivity index (χ2n) is 18.4. The molecule has 0 aromatic heterocycles. The van der Waals surface area contributed by atoms with Crippen LogP contribution < -0.4 is 48.3 Å². The lowest BCUT2D eigenvalue weighted by Gasteiger charge is -2.29. The van der Waals surface area contributed by atoms with Crippen LogP contribution in [0, 0.1) is 11.8 Å². The first-order valence-corrected chi connectivity index (χ1v) is 23.6. The lowest BCUT2D eigenvalue weighted by molar-refractivity contribution is -0.141. The number of rotatable bonds is 25. The minimum Gasteiger partial charge on any atom is -0.508 e. The van der Waals surface area contributed by atoms with E-state index in [1.807, 2.05) is 0 Å². The third-order valence-corrected chi connectivity index (χ3v) is 12.1. The van der Waals surface area contributed by atoms with Crippen LogP contribution in [0.15, 0.2) is 54.6 Å². The number of nitrogens with zero attached hydrogens (tertiary/aromatic N) is 1. The van der Waals surface area contributed by atoms with E-state index in [9.17, 15) is 58.2 Å². The molecule has 0 unspecified atom stereocenters. The molecule has 9 amide bonds. The van der Waals surface area contributed by atoms with Gasteiger partial charge in [-0.25, -0.2) is 0 Å². The van der Waals surface area contributed by atoms with Crippen molar-refractivity contribution in [1.82, 2.24) is 47.4 Å². The lowest BCUT2D eigenvalue weighted by atomic mass is 9.99. The molecule has 22 heteroatoms. The Hall–Kier alpha value is -7.10. The van der Waals surface area contributed by atoms with E-state index in [1.54, 1.807) is 70.2 Å². The Labute approximate surface area is 406 Å². The molecule has 22 nitrogen and oxygen atoms in total. The van der Waals surface area contributed by atoms with E-state index in [1.165, 1.54) is 24.0 Å². The van der Waals surface area contributed by atoms with Crippen molar-refractivity contribution in [1.29, 1.82) is 0 Å². The zero-order valence-corrected chi connectivity index (χ0v) is 40.2. The molecule has 2 aromatic rings. The molecule has 382 valence electrons. The highest BCUT2D eigenvalue weighted by Crippen LogP contribution is 2.22. The van der Waals surface area contributed by atoms with Gasteiger partial charge in [-0.05, 0) is 80.7 Å². The predicted octanol–water partition coefficient (Wildman–Crippen LogP) is -1.37. The van der Waals surface area contributed by atoms with Crippen LogP contribution in [-0.4, -0.2) is 142 Å². The number of carboxylic acids is 1. The quantitative estimate of drug-likeness (QED) is 0.0548. The number of aromatic hydroxyl groups is 1. The minimum absolute atomic E-state index is 0.0206. The number of likely N-dealkylation sites (tertiary alicyclic amines) is 1. The van der Waals surface area contributed by atoms with Crippen LogP contribution in [-0.2, 0) is 60.8 Å². The summed E-state index contributed by atoms with van der Waals surface area (Å²) in [7, 11) is 0. The Morgan fingerprint density at radius 1 is 0.657 bits per heavy atom. The molecule has 2 aliphatic heterocycles. The summed E-state index contributed by atoms with van der Waals surface area (Å²) in [4.78, 5) is 134. The fraction of sp³-hybridized carbons (Fsp3) is 0.542. The number of primary amides is 1. The number of phenols is 1. The highest BCUT2D eigenvalue weighted by molar-refractivity contribution is 5.98. The molecular weight excluding hydrogens is 909 g/mol. The molecule has 12 N–H and O–H groups in total. The van der Waals surface area contributed by atoms with E-state index in [0.717, 1.165) is 6.42 Å². The van der Waals surface area contributed by atoms with Gasteiger partial charge in [0.15, 0.2) is 0 Å². The van der Waals surface area contributed by atoms with Crippen molar-refractivity contribution in [3.05, 3.63) is 65.7 Å². The number of nitrogens with one attached hydrogen (secondary N) is 8. The van der Waals surface area contributed by atoms with Crippen LogP contribution in [0.5, 0.6) is 5.75 Å². The molecule has 0 radical (unpaired) electrons. The van der Waals surface area contributed by atoms with Crippen molar-refractivity contribution in [2.75, 3.05) is 19.6 Å². The molecule has 8 atom stereocenters. The average molecular weight is 977 g/mol. The molecule has 2 aromatic carbocycles. The molecule has 0 saturated carbocycles. The number of carboxylic acid groups (broad SMARTS) is 1. The summed E-state index contributed by atoms with van der Waals surface area (Å²) in [6.45, 7) is 8.48. The van der Waals surface area contributed by atoms with Crippen LogP contribution in [0.25, 0.3) is 0 Å². The molecule has 0 bridgehead atoms. The van der Waals surface area contributed by atoms with E-state index in [2.05, 4.69) is 42.5 Å². The standard InChI is InChI=1S/C48H68N10O12/c1-26(2)39(46(68)51-25-37(49)60)57-47(69)40(27(3)4)56-42(64)32(19-20-38(61)62)53-44(66)35(23-29-11-7-6-8-12-29)54-41(63)28(5)52-43(65)34(24-30-15-17-31(59)18-16-30)55-45(67)36-14-10-22-58(36)48(70)33-13-9-21-50-33/h6-8,11-12,15-18,26-28,32-36,39-40,50,59H,9-10,13-14,19-25H2,1-5H3,(H2,49,60)(H,51,68)(H,52,65)(H,53,66)(H,54,63)(H,55,67)(H,56,64)(H,57,69)(H,61,62)/t28-,32+,33+,34+,35+,36+,39+,40+/m1/s1. The van der Waals surface area contributed by atoms with Crippen molar-refractivity contribution >= 4 is 59.1 Å². The molecule has 2 heterocycles. The molecular formula is C48H68N10O12. The molecule has 4 rings (SSSR count). The maximum atomic E-state index is 14.2. The van der Waals surface area contributed by atoms with Crippen molar-refractivity contribution in [2.24, 2.45) is 17.6 Å². The van der Waals surface area contributed by atoms with E-state index >= 15 is 0 Å². The summed E-state index contributed by atoms with van der Waals surface area (Å²) < 4.78 is 0. The monoisotopic (exact) mass is 977 g/mol. The highest BCUT2D eigenvalue weighted by Gasteiger charge is 2.40. The van der Waals surface area contributed by atoms with Crippen molar-refractivity contribution in [3.63, 3.8) is 0 Å². The molecule has 2 fully saturated rings. The maximum absolute atomic E-state index is 14.2. The van der Waals surface area contributed by atoms with Crippen LogP contribution in [0.2, 0.25) is 0 Å². The highest BCUT2D eigenvalue weighted by atomic mass is 16.4. The van der Waals surface area contributed by atoms with Gasteiger partial charge in [0.2, 0.25) is 53.2 Å². The van der Waals surface area contributed by atoms with Gasteiger partial charge < -0.3 is 63.4 Å². The number of carbonyl (C=O) groups is 10. The zero-order valence-electron chi connectivity index (χ0n) is 40.2. The van der Waals surface area contributed by atoms with Gasteiger partial charge in [0.1, 0.15) is 48.0 Å². The Bertz CT molecular complexity index is 2180. The van der Waals surface area contributed by atoms with Crippen molar-refractivity contribution < 1.29 is 58.2 Å². The zero-order chi connectivity index (χ0) is 51.7. The number of aliphatic carboxylic acids is 1. The Morgan fingerprint density at radius 3 is 1.80 bits per heavy atom. The number of benzene rings is 2. The van der Waals surface area contributed by atoms with Gasteiger partial charge in [-0.3, -0.25) is 47.9 Å². The second-order valence-corrected chi connectivity index (χ2v) is 18.4. The first-order valence-electron chi connectivity index (χ1n) is 23.6. The van der Waals surface area contributed by atoms with Crippen molar-refractivity contribution in [3.8, 4) is 5.75 Å². The lowest BCUT2D eigenvalue weighted by Crippen LogP contribution is -2.61. The summed E-state index contributed by atoms with van der Waals surface area (Å²) in [5, 5.41) is 40.7. The number of phenolic OH excluding ortho intramolecular Hbond substituents is 1. The van der Waals surface area contributed by atoms with Crippen LogP contribution in [0.4, 0.5) is 0 Å². The molecule has 0 aliphatic carbocycles. The third kappa shape index (κ3) is 16.8. The first kappa shape index (κ1) is 55.5. The minimum atomic E-state index is -1.55. The van der Waals surface area contributed by atoms with Crippen LogP contribution in [0.1, 0.15) is 84.3 Å². The fourth-order valence-electron chi connectivity index (χ4n) is 8.14. The average Bonchev–Trinajstić information content (AvgIpc) is 4.04. The van der Waals surface area contributed by atoms with E-state index in [4.69, 9.17) is 5.73 Å². The summed E-state index contributed by atoms with van der Waals surface area (Å²) >= 11 is 0. The smallest absolute Gasteiger partial charge is 0.303 e. The molecule has 0 spiro atoms. The normalized spacial score (nSPS) is 18.0. The summed E-state index contributed by atoms with van der Waals surface area (Å²) in [5.41, 5.74) is 6.30. The van der Waals surface area contributed by atoms with E-state index in [-0.39, 0.29) is 24.5 Å². The molecule has 70 heavy (non-hydrogen) atoms. The summed E-state index contributed by atoms with van der Waals surface area (Å²) in [6.07, 6.45) is 1.26. The van der Waals surface area contributed by atoms with Gasteiger partial charge in [-0.1, -0.05) is 70.2 Å². The summed E-state index contributed by atoms with van der Waals surface area (Å²) in [5.74, 6) is -8.81. The topological polar surface area (TPSA) is 337 Å². The Balaban J connectivity index is 1.52. The molecule has 2 saturated heterocycles. The van der Waals surface area contributed by atoms with Crippen LogP contribution >= 0.6 is 0 Å². The SMILES string of the molecule is CC(C)[C@H](NC(=O)[C@H](CCC(=O)O)NC(=O)[C@H](Cc1ccccc1)NC(=O)[C@@H](C)NC(=O)[C@H](Cc1ccc(O)cc1)NC(=O)[C@@H]1CCCN1C(=O)[C@@H]1CCCN1)C(=O)N[C@H](C(=O)NCC(N)=O)C(C)C. The number of hydrogen-bond acceptors (Lipinski definition) is 12. The van der Waals surface area contributed by atoms with Gasteiger partial charge in [-0.15, -0.1) is 0 Å². The van der Waals surface area contributed by atoms with Gasteiger partial charge in [0.05, 0.1) is 12.6 Å². The third-order valence-electron chi connectivity index (χ3n) is 12.1. The molecule has 2 aliphatic rings. The number of hydrogen-bond donors (Lipinski definition) is 11. The largest absolute Gasteiger partial charge is 0.508 e. The van der Waals surface area contributed by atoms with Gasteiger partial charge in [-0.2, -0.15) is 0 Å². The number of carbonyl (C=O) groups excluding carboxylic acids is 9. The van der Waals surface area contributed by atoms with Crippen molar-refractivity contribution in [2.45, 2.75) is 134 Å². The van der Waals surface area contributed by atoms with Gasteiger partial charge in [0, 0.05) is 25.8 Å². The predicted molar refractivity (Wildman–Crippen MR) is 254 cm³/mol. The number of nitrogens with two attached hydrogens (primary N) is 1. The summed E-state index contributed by atoms with van der Waals surface area (Å²) in [6, 6.07) is 5.33. The van der Waals surface area contributed by atoms with Gasteiger partial charge >= 0.3 is 5.97 Å². The Kier molecular flexibility index (Phi) is 21.1. The van der Waals surface area contributed by atoms with Gasteiger partial charge in [0.25, 0.3) is 0 Å². The first-order chi connectivity index (χ1) is 33.1. The second kappa shape index (κ2) is 26.6. The van der Waals surface area contributed by atoms with E-state index in [0.29, 0.717) is 43.5 Å². The number of amides is 9. The fourth-order valence-corrected chi connectivity index (χ4v) is 8.14. The van der Waals surface area contributed by atoms with E-state index < -0.39 is 133 Å². The van der Waals surface area contributed by atoms with Crippen LogP contribution in [0.3, 0.4) is 0 Å². The Morgan fingerprint density at radius 2 is 1.21 bits per heavy atom.